The third-order valence-corrected chi connectivity index (χ3v) is 4.65. The fraction of sp³-hybridized carbons (Fsp3) is 0.562. The predicted octanol–water partition coefficient (Wildman–Crippen LogP) is 1.95. The van der Waals surface area contributed by atoms with Gasteiger partial charge >= 0.3 is 0 Å². The highest BCUT2D eigenvalue weighted by molar-refractivity contribution is 5.77. The standard InChI is InChI=1S/C16H22FN3O/c1-10(18)16-12(17)3-2-4-14(16)20-8-7-13-11(9-20)5-6-15(21)19-13/h2-4,10-11,13H,5-9,18H2,1H3,(H,19,21). The molecule has 3 atom stereocenters. The molecule has 0 aromatic heterocycles. The highest BCUT2D eigenvalue weighted by Crippen LogP contribution is 2.33. The second-order valence-electron chi connectivity index (χ2n) is 6.17. The van der Waals surface area contributed by atoms with Crippen molar-refractivity contribution in [3.8, 4) is 0 Å². The first-order chi connectivity index (χ1) is 10.1. The summed E-state index contributed by atoms with van der Waals surface area (Å²) in [6.07, 6.45) is 2.42. The van der Waals surface area contributed by atoms with E-state index < -0.39 is 0 Å². The number of halogens is 1. The van der Waals surface area contributed by atoms with Gasteiger partial charge in [0, 0.05) is 42.8 Å². The van der Waals surface area contributed by atoms with Gasteiger partial charge in [0.2, 0.25) is 5.91 Å². The summed E-state index contributed by atoms with van der Waals surface area (Å²) < 4.78 is 14.1. The van der Waals surface area contributed by atoms with E-state index >= 15 is 0 Å². The Morgan fingerprint density at radius 2 is 2.24 bits per heavy atom. The quantitative estimate of drug-likeness (QED) is 0.875. The highest BCUT2D eigenvalue weighted by Gasteiger charge is 2.34. The van der Waals surface area contributed by atoms with Gasteiger partial charge in [0.05, 0.1) is 0 Å². The molecule has 5 heteroatoms. The van der Waals surface area contributed by atoms with E-state index in [4.69, 9.17) is 5.73 Å². The molecule has 3 N–H and O–H groups in total. The number of piperidine rings is 2. The minimum absolute atomic E-state index is 0.159. The van der Waals surface area contributed by atoms with Gasteiger partial charge in [-0.1, -0.05) is 6.07 Å². The van der Waals surface area contributed by atoms with Gasteiger partial charge in [-0.15, -0.1) is 0 Å². The maximum atomic E-state index is 14.1. The van der Waals surface area contributed by atoms with E-state index in [1.807, 2.05) is 13.0 Å². The predicted molar refractivity (Wildman–Crippen MR) is 80.5 cm³/mol. The molecule has 0 aliphatic carbocycles. The number of benzene rings is 1. The molecule has 0 spiro atoms. The van der Waals surface area contributed by atoms with Gasteiger partial charge in [-0.3, -0.25) is 4.79 Å². The van der Waals surface area contributed by atoms with Crippen LogP contribution in [0.2, 0.25) is 0 Å². The Morgan fingerprint density at radius 3 is 3.00 bits per heavy atom. The minimum Gasteiger partial charge on any atom is -0.371 e. The third kappa shape index (κ3) is 2.75. The molecule has 0 bridgehead atoms. The number of rotatable bonds is 2. The number of nitrogens with zero attached hydrogens (tertiary/aromatic N) is 1. The Hall–Kier alpha value is -1.62. The van der Waals surface area contributed by atoms with Crippen LogP contribution in [0.4, 0.5) is 10.1 Å². The first kappa shape index (κ1) is 14.3. The van der Waals surface area contributed by atoms with E-state index in [1.54, 1.807) is 6.07 Å². The lowest BCUT2D eigenvalue weighted by molar-refractivity contribution is -0.124. The van der Waals surface area contributed by atoms with Crippen LogP contribution in [0.15, 0.2) is 18.2 Å². The van der Waals surface area contributed by atoms with Crippen LogP contribution in [-0.2, 0) is 4.79 Å². The van der Waals surface area contributed by atoms with Gasteiger partial charge in [0.1, 0.15) is 5.82 Å². The number of carbonyl (C=O) groups is 1. The lowest BCUT2D eigenvalue weighted by atomic mass is 9.84. The third-order valence-electron chi connectivity index (χ3n) is 4.65. The van der Waals surface area contributed by atoms with Crippen molar-refractivity contribution in [3.63, 3.8) is 0 Å². The fourth-order valence-electron chi connectivity index (χ4n) is 3.58. The zero-order valence-corrected chi connectivity index (χ0v) is 12.3. The molecule has 1 amide bonds. The van der Waals surface area contributed by atoms with E-state index in [1.165, 1.54) is 6.07 Å². The highest BCUT2D eigenvalue weighted by atomic mass is 19.1. The number of carbonyl (C=O) groups excluding carboxylic acids is 1. The Morgan fingerprint density at radius 1 is 1.43 bits per heavy atom. The van der Waals surface area contributed by atoms with Crippen LogP contribution >= 0.6 is 0 Å². The monoisotopic (exact) mass is 291 g/mol. The smallest absolute Gasteiger partial charge is 0.220 e. The number of hydrogen-bond acceptors (Lipinski definition) is 3. The van der Waals surface area contributed by atoms with E-state index in [9.17, 15) is 9.18 Å². The molecule has 1 aromatic carbocycles. The summed E-state index contributed by atoms with van der Waals surface area (Å²) in [5.74, 6) is 0.369. The topological polar surface area (TPSA) is 58.4 Å². The second-order valence-corrected chi connectivity index (χ2v) is 6.17. The van der Waals surface area contributed by atoms with Crippen LogP contribution in [0, 0.1) is 11.7 Å². The van der Waals surface area contributed by atoms with Gasteiger partial charge in [-0.25, -0.2) is 4.39 Å². The molecular formula is C16H22FN3O. The van der Waals surface area contributed by atoms with E-state index in [-0.39, 0.29) is 23.8 Å². The van der Waals surface area contributed by atoms with Crippen molar-refractivity contribution < 1.29 is 9.18 Å². The lowest BCUT2D eigenvalue weighted by Crippen LogP contribution is -2.54. The number of nitrogens with one attached hydrogen (secondary N) is 1. The molecule has 2 heterocycles. The van der Waals surface area contributed by atoms with Crippen molar-refractivity contribution in [3.05, 3.63) is 29.6 Å². The summed E-state index contributed by atoms with van der Waals surface area (Å²) in [6, 6.07) is 5.10. The Kier molecular flexibility index (Phi) is 3.85. The number of hydrogen-bond donors (Lipinski definition) is 2. The number of anilines is 1. The van der Waals surface area contributed by atoms with Crippen LogP contribution in [0.1, 0.15) is 37.8 Å². The molecule has 114 valence electrons. The minimum atomic E-state index is -0.329. The summed E-state index contributed by atoms with van der Waals surface area (Å²) in [5.41, 5.74) is 7.44. The van der Waals surface area contributed by atoms with Crippen molar-refractivity contribution in [2.24, 2.45) is 11.7 Å². The average Bonchev–Trinajstić information content (AvgIpc) is 2.46. The SMILES string of the molecule is CC(N)c1c(F)cccc1N1CCC2NC(=O)CCC2C1. The van der Waals surface area contributed by atoms with E-state index in [0.717, 1.165) is 31.6 Å². The molecule has 0 radical (unpaired) electrons. The van der Waals surface area contributed by atoms with Crippen molar-refractivity contribution in [1.82, 2.24) is 5.32 Å². The summed E-state index contributed by atoms with van der Waals surface area (Å²) >= 11 is 0. The zero-order valence-electron chi connectivity index (χ0n) is 12.3. The molecular weight excluding hydrogens is 269 g/mol. The Bertz CT molecular complexity index is 546. The summed E-state index contributed by atoms with van der Waals surface area (Å²) in [5, 5.41) is 3.07. The first-order valence-electron chi connectivity index (χ1n) is 7.64. The zero-order chi connectivity index (χ0) is 15.0. The van der Waals surface area contributed by atoms with E-state index in [2.05, 4.69) is 10.2 Å². The molecule has 3 unspecified atom stereocenters. The van der Waals surface area contributed by atoms with Crippen LogP contribution in [0.3, 0.4) is 0 Å². The van der Waals surface area contributed by atoms with Crippen LogP contribution in [0.25, 0.3) is 0 Å². The lowest BCUT2D eigenvalue weighted by Gasteiger charge is -2.43. The van der Waals surface area contributed by atoms with Gasteiger partial charge in [-0.05, 0) is 37.8 Å². The molecule has 2 saturated heterocycles. The number of amides is 1. The second kappa shape index (κ2) is 5.64. The van der Waals surface area contributed by atoms with Gasteiger partial charge < -0.3 is 16.0 Å². The maximum absolute atomic E-state index is 14.1. The normalized spacial score (nSPS) is 27.0. The van der Waals surface area contributed by atoms with E-state index in [0.29, 0.717) is 17.9 Å². The Labute approximate surface area is 124 Å². The molecule has 2 fully saturated rings. The molecule has 3 rings (SSSR count). The fourth-order valence-corrected chi connectivity index (χ4v) is 3.58. The summed E-state index contributed by atoms with van der Waals surface area (Å²) in [7, 11) is 0. The molecule has 4 nitrogen and oxygen atoms in total. The largest absolute Gasteiger partial charge is 0.371 e. The first-order valence-corrected chi connectivity index (χ1v) is 7.64. The maximum Gasteiger partial charge on any atom is 0.220 e. The molecule has 2 aliphatic rings. The Balaban J connectivity index is 1.83. The summed E-state index contributed by atoms with van der Waals surface area (Å²) in [6.45, 7) is 3.49. The van der Waals surface area contributed by atoms with Crippen molar-refractivity contribution in [1.29, 1.82) is 0 Å². The summed E-state index contributed by atoms with van der Waals surface area (Å²) in [4.78, 5) is 13.7. The van der Waals surface area contributed by atoms with Crippen LogP contribution in [-0.4, -0.2) is 25.0 Å². The van der Waals surface area contributed by atoms with Crippen molar-refractivity contribution in [2.75, 3.05) is 18.0 Å². The number of fused-ring (bicyclic) bond motifs is 1. The molecule has 1 aromatic rings. The number of nitrogens with two attached hydrogens (primary N) is 1. The van der Waals surface area contributed by atoms with Gasteiger partial charge in [0.15, 0.2) is 0 Å². The van der Waals surface area contributed by atoms with Crippen LogP contribution in [0.5, 0.6) is 0 Å². The van der Waals surface area contributed by atoms with Gasteiger partial charge in [-0.2, -0.15) is 0 Å². The van der Waals surface area contributed by atoms with Crippen molar-refractivity contribution >= 4 is 11.6 Å². The molecule has 21 heavy (non-hydrogen) atoms. The molecule has 0 saturated carbocycles. The average molecular weight is 291 g/mol. The molecule has 2 aliphatic heterocycles. The van der Waals surface area contributed by atoms with Gasteiger partial charge in [0.25, 0.3) is 0 Å². The van der Waals surface area contributed by atoms with Crippen LogP contribution < -0.4 is 16.0 Å². The van der Waals surface area contributed by atoms with Crippen molar-refractivity contribution in [2.45, 2.75) is 38.3 Å².